The third kappa shape index (κ3) is 30.7. The van der Waals surface area contributed by atoms with Crippen molar-refractivity contribution in [2.24, 2.45) is 0 Å². The van der Waals surface area contributed by atoms with Crippen LogP contribution in [-0.2, 0) is 14.2 Å². The molecule has 65 heavy (non-hydrogen) atoms. The van der Waals surface area contributed by atoms with Crippen LogP contribution < -0.4 is 44.4 Å². The van der Waals surface area contributed by atoms with E-state index in [1.807, 2.05) is 160 Å². The maximum atomic E-state index is 11.0. The van der Waals surface area contributed by atoms with Crippen molar-refractivity contribution in [1.29, 1.82) is 0 Å². The van der Waals surface area contributed by atoms with Crippen LogP contribution in [0.15, 0.2) is 91.0 Å². The summed E-state index contributed by atoms with van der Waals surface area (Å²) in [7, 11) is 0. The van der Waals surface area contributed by atoms with Crippen molar-refractivity contribution < 1.29 is 89.7 Å². The van der Waals surface area contributed by atoms with Gasteiger partial charge >= 0.3 is 18.9 Å². The van der Waals surface area contributed by atoms with Gasteiger partial charge in [0.2, 0.25) is 0 Å². The van der Waals surface area contributed by atoms with Gasteiger partial charge in [0.05, 0.1) is 0 Å². The summed E-state index contributed by atoms with van der Waals surface area (Å²) in [5.74, 6) is 0.822. The van der Waals surface area contributed by atoms with E-state index >= 15 is 0 Å². The number of hydrogen-bond donors (Lipinski definition) is 0. The van der Waals surface area contributed by atoms with E-state index in [1.165, 1.54) is 43.4 Å². The van der Waals surface area contributed by atoms with Crippen molar-refractivity contribution in [1.82, 2.24) is 0 Å². The van der Waals surface area contributed by atoms with Crippen LogP contribution in [0.3, 0.4) is 0 Å². The quantitative estimate of drug-likeness (QED) is 0.0674. The molecule has 0 aliphatic carbocycles. The summed E-state index contributed by atoms with van der Waals surface area (Å²) in [5.41, 5.74) is 21.8. The zero-order valence-electron chi connectivity index (χ0n) is 40.8. The summed E-state index contributed by atoms with van der Waals surface area (Å²) in [5, 5.41) is 54.8. The van der Waals surface area contributed by atoms with Crippen LogP contribution in [-0.4, -0.2) is 39.6 Å². The third-order valence-electron chi connectivity index (χ3n) is 9.53. The van der Waals surface area contributed by atoms with E-state index in [0.717, 1.165) is 95.3 Å². The van der Waals surface area contributed by atoms with Crippen molar-refractivity contribution >= 4 is 0 Å². The second kappa shape index (κ2) is 40.2. The molecule has 0 aromatic heterocycles. The zero-order chi connectivity index (χ0) is 47.6. The largest absolute Gasteiger partial charge is 1.00 e. The minimum atomic E-state index is 0. The molecule has 0 bridgehead atoms. The van der Waals surface area contributed by atoms with Crippen molar-refractivity contribution in [2.45, 2.75) is 108 Å². The number of ether oxygens (including phenoxy) is 3. The Morgan fingerprint density at radius 3 is 0.492 bits per heavy atom. The molecule has 0 saturated carbocycles. The second-order valence-corrected chi connectivity index (χ2v) is 15.2. The molecule has 5 aromatic rings. The first-order valence-corrected chi connectivity index (χ1v) is 21.4. The van der Waals surface area contributed by atoms with E-state index in [4.69, 9.17) is 25.3 Å². The van der Waals surface area contributed by atoms with Crippen LogP contribution in [0.1, 0.15) is 94.2 Å². The normalized spacial score (nSPS) is 12.3. The Balaban J connectivity index is -0.000000673. The van der Waals surface area contributed by atoms with Crippen LogP contribution >= 0.6 is 0 Å². The molecule has 3 aliphatic heterocycles. The molecule has 8 rings (SSSR count). The SMILES string of the molecule is C1CCOC1.C1CCOC1.C1CCOC1.Cc1cccc(C)c1[O-].Cc1cccc(C)c1[O-].Cc1cccc(C)c1[O-].Cc1cccc(C)c1[O-].Cc1cccc(C)c1[O-].[Li+].[N-]=[N+]=[N-].[U]. The Morgan fingerprint density at radius 2 is 0.431 bits per heavy atom. The van der Waals surface area contributed by atoms with Gasteiger partial charge in [-0.1, -0.05) is 147 Å². The van der Waals surface area contributed by atoms with Crippen LogP contribution in [0.2, 0.25) is 0 Å². The predicted molar refractivity (Wildman–Crippen MR) is 247 cm³/mol. The molecule has 3 aliphatic rings. The van der Waals surface area contributed by atoms with Crippen molar-refractivity contribution in [3.63, 3.8) is 0 Å². The monoisotopic (exact) mass is 1110 g/mol. The maximum Gasteiger partial charge on any atom is 1.00 e. The van der Waals surface area contributed by atoms with Crippen LogP contribution in [0.25, 0.3) is 16.0 Å². The van der Waals surface area contributed by atoms with Gasteiger partial charge in [0.25, 0.3) is 0 Å². The second-order valence-electron chi connectivity index (χ2n) is 15.2. The zero-order valence-corrected chi connectivity index (χ0v) is 44.9. The van der Waals surface area contributed by atoms with E-state index in [-0.39, 0.29) is 78.7 Å². The Kier molecular flexibility index (Phi) is 40.4. The Labute approximate surface area is 425 Å². The van der Waals surface area contributed by atoms with Gasteiger partial charge in [-0.3, -0.25) is 4.91 Å². The molecule has 0 atom stereocenters. The number of hydrogen-bond acceptors (Lipinski definition) is 8. The van der Waals surface area contributed by atoms with E-state index in [0.29, 0.717) is 0 Å². The molecule has 0 unspecified atom stereocenters. The molecule has 11 nitrogen and oxygen atoms in total. The summed E-state index contributed by atoms with van der Waals surface area (Å²) in [6, 6.07) is 27.8. The van der Waals surface area contributed by atoms with Crippen LogP contribution in [0, 0.1) is 100 Å². The van der Waals surface area contributed by atoms with E-state index in [9.17, 15) is 25.5 Å². The molecule has 0 amide bonds. The molecule has 13 heteroatoms. The van der Waals surface area contributed by atoms with Crippen LogP contribution in [0.4, 0.5) is 0 Å². The molecular formula is C52H69LiN3O8U-5. The van der Waals surface area contributed by atoms with Gasteiger partial charge in [0.1, 0.15) is 0 Å². The topological polar surface area (TPSA) is 202 Å². The van der Waals surface area contributed by atoms with Crippen molar-refractivity contribution in [3.05, 3.63) is 163 Å². The number of benzene rings is 5. The maximum absolute atomic E-state index is 11.0. The molecule has 3 fully saturated rings. The van der Waals surface area contributed by atoms with Crippen LogP contribution in [0.5, 0.6) is 28.7 Å². The van der Waals surface area contributed by atoms with Gasteiger partial charge in [-0.15, -0.1) is 28.7 Å². The number of rotatable bonds is 0. The average molecular weight is 1110 g/mol. The van der Waals surface area contributed by atoms with Crippen molar-refractivity contribution in [2.75, 3.05) is 39.6 Å². The predicted octanol–water partition coefficient (Wildman–Crippen LogP) is 7.15. The number of para-hydroxylation sites is 5. The first-order valence-electron chi connectivity index (χ1n) is 21.4. The fourth-order valence-corrected chi connectivity index (χ4v) is 5.53. The molecule has 0 N–H and O–H groups in total. The molecule has 3 heterocycles. The third-order valence-corrected chi connectivity index (χ3v) is 9.53. The smallest absolute Gasteiger partial charge is 0.872 e. The fraction of sp³-hybridized carbons (Fsp3) is 0.423. The standard InChI is InChI=1S/5C8H10O.3C4H8O.Li.N3.U/c5*1-6-4-3-5-7(2)8(6)9;3*1-2-4-5-3-1;;1-3-2;/h5*3-5,9H,1-2H3;3*1-4H2;;;/q;;;;;;;;+1;-1;/p-5. The molecule has 350 valence electrons. The molecule has 0 radical (unpaired) electrons. The first-order chi connectivity index (χ1) is 30.0. The molecule has 5 aromatic carbocycles. The summed E-state index contributed by atoms with van der Waals surface area (Å²) in [6.07, 6.45) is 7.67. The summed E-state index contributed by atoms with van der Waals surface area (Å²) < 4.78 is 14.8. The summed E-state index contributed by atoms with van der Waals surface area (Å²) >= 11 is 0. The average Bonchev–Trinajstić information content (AvgIpc) is 4.12. The minimum Gasteiger partial charge on any atom is -0.872 e. The van der Waals surface area contributed by atoms with Gasteiger partial charge in [-0.05, 0) is 108 Å². The Hall–Kier alpha value is -4.06. The van der Waals surface area contributed by atoms with E-state index in [1.54, 1.807) is 0 Å². The number of nitrogens with zero attached hydrogens (tertiary/aromatic N) is 3. The Morgan fingerprint density at radius 1 is 0.323 bits per heavy atom. The van der Waals surface area contributed by atoms with Gasteiger partial charge in [0, 0.05) is 70.8 Å². The molecule has 0 spiro atoms. The van der Waals surface area contributed by atoms with Crippen molar-refractivity contribution in [3.8, 4) is 28.7 Å². The molecule has 3 saturated heterocycles. The van der Waals surface area contributed by atoms with Gasteiger partial charge < -0.3 is 50.8 Å². The fourth-order valence-electron chi connectivity index (χ4n) is 5.53. The van der Waals surface area contributed by atoms with Gasteiger partial charge in [-0.25, -0.2) is 0 Å². The summed E-state index contributed by atoms with van der Waals surface area (Å²) in [4.78, 5) is 1.50. The van der Waals surface area contributed by atoms with Gasteiger partial charge in [0.15, 0.2) is 0 Å². The van der Waals surface area contributed by atoms with Gasteiger partial charge in [-0.2, -0.15) is 0 Å². The summed E-state index contributed by atoms with van der Waals surface area (Å²) in [6.45, 7) is 24.3. The van der Waals surface area contributed by atoms with E-state index in [2.05, 4.69) is 0 Å². The number of aryl methyl sites for hydroxylation is 10. The van der Waals surface area contributed by atoms with E-state index < -0.39 is 0 Å². The Bertz CT molecular complexity index is 1600. The molecular weight excluding hydrogens is 1040 g/mol. The minimum absolute atomic E-state index is 0. The first kappa shape index (κ1) is 65.2.